The molecule has 0 saturated carbocycles. The molecule has 0 aromatic carbocycles. The van der Waals surface area contributed by atoms with Gasteiger partial charge in [-0.25, -0.2) is 0 Å². The van der Waals surface area contributed by atoms with Crippen LogP contribution in [-0.2, 0) is 0 Å². The van der Waals surface area contributed by atoms with Crippen molar-refractivity contribution in [2.24, 2.45) is 0 Å². The highest BCUT2D eigenvalue weighted by atomic mass is 79.9. The van der Waals surface area contributed by atoms with Gasteiger partial charge in [0.25, 0.3) is 0 Å². The molecular formula is C10H16BrNO2. The molecule has 14 heavy (non-hydrogen) atoms. The van der Waals surface area contributed by atoms with Crippen LogP contribution >= 0.6 is 15.9 Å². The lowest BCUT2D eigenvalue weighted by molar-refractivity contribution is 0.261. The highest BCUT2D eigenvalue weighted by Gasteiger charge is 2.14. The molecule has 0 aliphatic carbocycles. The fraction of sp³-hybridized carbons (Fsp3) is 0.600. The first-order valence-corrected chi connectivity index (χ1v) is 5.54. The topological polar surface area (TPSA) is 45.4 Å². The summed E-state index contributed by atoms with van der Waals surface area (Å²) in [6, 6.07) is 2.32. The number of furan rings is 1. The third-order valence-corrected chi connectivity index (χ3v) is 2.79. The first-order chi connectivity index (χ1) is 6.65. The Bertz CT molecular complexity index is 275. The van der Waals surface area contributed by atoms with Crippen molar-refractivity contribution in [3.05, 3.63) is 22.6 Å². The number of rotatable bonds is 5. The largest absolute Gasteiger partial charge is 0.466 e. The molecule has 4 heteroatoms. The number of aliphatic hydroxyl groups excluding tert-OH is 1. The van der Waals surface area contributed by atoms with E-state index >= 15 is 0 Å². The molecule has 80 valence electrons. The van der Waals surface area contributed by atoms with Crippen molar-refractivity contribution in [2.45, 2.75) is 32.4 Å². The van der Waals surface area contributed by atoms with Gasteiger partial charge in [0.1, 0.15) is 5.76 Å². The normalized spacial score (nSPS) is 15.4. The van der Waals surface area contributed by atoms with E-state index in [1.54, 1.807) is 6.26 Å². The van der Waals surface area contributed by atoms with Gasteiger partial charge >= 0.3 is 0 Å². The molecule has 1 rings (SSSR count). The summed E-state index contributed by atoms with van der Waals surface area (Å²) in [6.07, 6.45) is 2.41. The molecule has 2 atom stereocenters. The van der Waals surface area contributed by atoms with Crippen molar-refractivity contribution >= 4 is 15.9 Å². The fourth-order valence-electron chi connectivity index (χ4n) is 1.39. The predicted molar refractivity (Wildman–Crippen MR) is 59.1 cm³/mol. The molecule has 0 amide bonds. The molecule has 0 spiro atoms. The first-order valence-electron chi connectivity index (χ1n) is 4.75. The first kappa shape index (κ1) is 11.8. The van der Waals surface area contributed by atoms with E-state index in [1.165, 1.54) is 0 Å². The van der Waals surface area contributed by atoms with Gasteiger partial charge in [-0.3, -0.25) is 0 Å². The molecule has 1 aromatic rings. The lowest BCUT2D eigenvalue weighted by atomic mass is 10.2. The second-order valence-electron chi connectivity index (χ2n) is 3.43. The Kier molecular flexibility index (Phi) is 4.65. The maximum absolute atomic E-state index is 8.76. The number of halogens is 1. The quantitative estimate of drug-likeness (QED) is 0.856. The summed E-state index contributed by atoms with van der Waals surface area (Å²) < 4.78 is 6.31. The van der Waals surface area contributed by atoms with Crippen LogP contribution in [0.1, 0.15) is 32.1 Å². The second kappa shape index (κ2) is 5.53. The van der Waals surface area contributed by atoms with Crippen molar-refractivity contribution < 1.29 is 9.52 Å². The van der Waals surface area contributed by atoms with Gasteiger partial charge in [-0.15, -0.1) is 0 Å². The Hall–Kier alpha value is -0.320. The highest BCUT2D eigenvalue weighted by Crippen LogP contribution is 2.24. The van der Waals surface area contributed by atoms with E-state index in [9.17, 15) is 0 Å². The predicted octanol–water partition coefficient (Wildman–Crippen LogP) is 2.46. The Balaban J connectivity index is 2.50. The van der Waals surface area contributed by atoms with Gasteiger partial charge in [-0.1, -0.05) is 0 Å². The lowest BCUT2D eigenvalue weighted by Gasteiger charge is -2.17. The highest BCUT2D eigenvalue weighted by molar-refractivity contribution is 9.10. The molecule has 1 heterocycles. The van der Waals surface area contributed by atoms with Crippen molar-refractivity contribution in [3.8, 4) is 0 Å². The Labute approximate surface area is 92.6 Å². The summed E-state index contributed by atoms with van der Waals surface area (Å²) in [5.74, 6) is 0.898. The second-order valence-corrected chi connectivity index (χ2v) is 4.29. The van der Waals surface area contributed by atoms with E-state index in [0.29, 0.717) is 0 Å². The minimum atomic E-state index is 0.154. The van der Waals surface area contributed by atoms with Crippen LogP contribution in [0.15, 0.2) is 21.2 Å². The van der Waals surface area contributed by atoms with Crippen LogP contribution in [0.5, 0.6) is 0 Å². The Morgan fingerprint density at radius 1 is 1.57 bits per heavy atom. The fourth-order valence-corrected chi connectivity index (χ4v) is 1.94. The van der Waals surface area contributed by atoms with Gasteiger partial charge in [0, 0.05) is 12.6 Å². The molecule has 2 N–H and O–H groups in total. The number of hydrogen-bond donors (Lipinski definition) is 2. The van der Waals surface area contributed by atoms with Gasteiger partial charge in [0.2, 0.25) is 0 Å². The zero-order valence-corrected chi connectivity index (χ0v) is 10.0. The lowest BCUT2D eigenvalue weighted by Crippen LogP contribution is -2.29. The van der Waals surface area contributed by atoms with Gasteiger partial charge in [-0.2, -0.15) is 0 Å². The molecule has 0 saturated heterocycles. The zero-order chi connectivity index (χ0) is 10.6. The van der Waals surface area contributed by atoms with Crippen LogP contribution < -0.4 is 5.32 Å². The van der Waals surface area contributed by atoms with E-state index in [-0.39, 0.29) is 18.7 Å². The van der Waals surface area contributed by atoms with Crippen LogP contribution in [0.25, 0.3) is 0 Å². The minimum Gasteiger partial charge on any atom is -0.466 e. The zero-order valence-electron chi connectivity index (χ0n) is 8.46. The smallest absolute Gasteiger partial charge is 0.134 e. The van der Waals surface area contributed by atoms with Gasteiger partial charge < -0.3 is 14.8 Å². The third kappa shape index (κ3) is 3.12. The van der Waals surface area contributed by atoms with Crippen LogP contribution in [0.3, 0.4) is 0 Å². The van der Waals surface area contributed by atoms with Crippen LogP contribution in [0.4, 0.5) is 0 Å². The van der Waals surface area contributed by atoms with Crippen molar-refractivity contribution in [2.75, 3.05) is 6.61 Å². The van der Waals surface area contributed by atoms with Crippen molar-refractivity contribution in [1.29, 1.82) is 0 Å². The molecule has 0 aliphatic heterocycles. The van der Waals surface area contributed by atoms with E-state index in [0.717, 1.165) is 16.7 Å². The molecule has 0 aliphatic rings. The maximum Gasteiger partial charge on any atom is 0.134 e. The molecule has 0 fully saturated rings. The summed E-state index contributed by atoms with van der Waals surface area (Å²) in [7, 11) is 0. The average molecular weight is 262 g/mol. The molecule has 1 aromatic heterocycles. The maximum atomic E-state index is 8.76. The summed E-state index contributed by atoms with van der Waals surface area (Å²) in [4.78, 5) is 0. The van der Waals surface area contributed by atoms with Crippen LogP contribution in [0.2, 0.25) is 0 Å². The molecule has 1 unspecified atom stereocenters. The SMILES string of the molecule is CC(N[C@H](C)CCO)c1occc1Br. The summed E-state index contributed by atoms with van der Waals surface area (Å²) in [5, 5.41) is 12.1. The van der Waals surface area contributed by atoms with Gasteiger partial charge in [-0.05, 0) is 42.3 Å². The van der Waals surface area contributed by atoms with Crippen LogP contribution in [-0.4, -0.2) is 17.8 Å². The van der Waals surface area contributed by atoms with E-state index in [4.69, 9.17) is 9.52 Å². The molecule has 3 nitrogen and oxygen atoms in total. The van der Waals surface area contributed by atoms with E-state index < -0.39 is 0 Å². The summed E-state index contributed by atoms with van der Waals surface area (Å²) in [6.45, 7) is 4.29. The molecule has 0 radical (unpaired) electrons. The summed E-state index contributed by atoms with van der Waals surface area (Å²) in [5.41, 5.74) is 0. The van der Waals surface area contributed by atoms with E-state index in [2.05, 4.69) is 21.2 Å². The van der Waals surface area contributed by atoms with Crippen molar-refractivity contribution in [1.82, 2.24) is 5.32 Å². The number of aliphatic hydroxyl groups is 1. The molecule has 0 bridgehead atoms. The van der Waals surface area contributed by atoms with Gasteiger partial charge in [0.05, 0.1) is 16.8 Å². The Morgan fingerprint density at radius 3 is 2.79 bits per heavy atom. The third-order valence-electron chi connectivity index (χ3n) is 2.13. The van der Waals surface area contributed by atoms with E-state index in [1.807, 2.05) is 19.9 Å². The average Bonchev–Trinajstić information content (AvgIpc) is 2.51. The monoisotopic (exact) mass is 261 g/mol. The van der Waals surface area contributed by atoms with Crippen molar-refractivity contribution in [3.63, 3.8) is 0 Å². The molecular weight excluding hydrogens is 246 g/mol. The summed E-state index contributed by atoms with van der Waals surface area (Å²) >= 11 is 3.41. The number of hydrogen-bond acceptors (Lipinski definition) is 3. The number of nitrogens with one attached hydrogen (secondary N) is 1. The minimum absolute atomic E-state index is 0.154. The Morgan fingerprint density at radius 2 is 2.29 bits per heavy atom. The van der Waals surface area contributed by atoms with Gasteiger partial charge in [0.15, 0.2) is 0 Å². The standard InChI is InChI=1S/C10H16BrNO2/c1-7(3-5-13)12-8(2)10-9(11)4-6-14-10/h4,6-8,12-13H,3,5H2,1-2H3/t7-,8?/m1/s1. The van der Waals surface area contributed by atoms with Crippen LogP contribution in [0, 0.1) is 0 Å².